The van der Waals surface area contributed by atoms with Crippen LogP contribution in [-0.4, -0.2) is 4.57 Å². The summed E-state index contributed by atoms with van der Waals surface area (Å²) in [5, 5.41) is 0. The minimum absolute atomic E-state index is 0.160. The molecule has 1 heterocycles. The average molecular weight is 282 g/mol. The van der Waals surface area contributed by atoms with Crippen LogP contribution in [0.25, 0.3) is 11.3 Å². The first-order chi connectivity index (χ1) is 7.61. The van der Waals surface area contributed by atoms with Crippen LogP contribution < -0.4 is 5.56 Å². The van der Waals surface area contributed by atoms with Gasteiger partial charge in [0, 0.05) is 23.2 Å². The fourth-order valence-electron chi connectivity index (χ4n) is 1.56. The van der Waals surface area contributed by atoms with Crippen LogP contribution in [-0.2, 0) is 7.05 Å². The van der Waals surface area contributed by atoms with E-state index in [0.29, 0.717) is 15.7 Å². The second kappa shape index (κ2) is 4.22. The van der Waals surface area contributed by atoms with Gasteiger partial charge in [-0.15, -0.1) is 0 Å². The van der Waals surface area contributed by atoms with E-state index in [9.17, 15) is 9.18 Å². The Bertz CT molecular complexity index is 572. The molecule has 4 heteroatoms. The van der Waals surface area contributed by atoms with Crippen LogP contribution in [0, 0.1) is 5.82 Å². The van der Waals surface area contributed by atoms with Gasteiger partial charge in [0.15, 0.2) is 0 Å². The number of benzene rings is 1. The summed E-state index contributed by atoms with van der Waals surface area (Å²) in [4.78, 5) is 11.5. The second-order valence-corrected chi connectivity index (χ2v) is 4.26. The molecule has 16 heavy (non-hydrogen) atoms. The van der Waals surface area contributed by atoms with Crippen LogP contribution in [0.4, 0.5) is 4.39 Å². The summed E-state index contributed by atoms with van der Waals surface area (Å²) in [5.74, 6) is -0.351. The Morgan fingerprint density at radius 1 is 1.19 bits per heavy atom. The molecule has 0 aliphatic carbocycles. The highest BCUT2D eigenvalue weighted by Gasteiger charge is 2.11. The van der Waals surface area contributed by atoms with Crippen LogP contribution >= 0.6 is 15.9 Å². The molecule has 2 rings (SSSR count). The Labute approximate surface area is 100 Å². The number of halogens is 2. The van der Waals surface area contributed by atoms with E-state index >= 15 is 0 Å². The minimum Gasteiger partial charge on any atom is -0.311 e. The Morgan fingerprint density at radius 3 is 2.56 bits per heavy atom. The highest BCUT2D eigenvalue weighted by Crippen LogP contribution is 2.29. The predicted octanol–water partition coefficient (Wildman–Crippen LogP) is 2.95. The Kier molecular flexibility index (Phi) is 2.92. The summed E-state index contributed by atoms with van der Waals surface area (Å²) < 4.78 is 15.8. The van der Waals surface area contributed by atoms with Crippen LogP contribution in [0.5, 0.6) is 0 Å². The standard InChI is InChI=1S/C12H9BrFNO/c1-15-10(6-3-7-11(15)16)12-8(13)4-2-5-9(12)14/h2-7H,1H3. The summed E-state index contributed by atoms with van der Waals surface area (Å²) in [6.45, 7) is 0. The molecule has 0 fully saturated rings. The van der Waals surface area contributed by atoms with Crippen molar-refractivity contribution < 1.29 is 4.39 Å². The maximum atomic E-state index is 13.7. The van der Waals surface area contributed by atoms with E-state index < -0.39 is 0 Å². The molecule has 2 nitrogen and oxygen atoms in total. The highest BCUT2D eigenvalue weighted by molar-refractivity contribution is 9.10. The molecule has 1 aromatic carbocycles. The summed E-state index contributed by atoms with van der Waals surface area (Å²) in [7, 11) is 1.62. The second-order valence-electron chi connectivity index (χ2n) is 3.40. The predicted molar refractivity (Wildman–Crippen MR) is 64.8 cm³/mol. The lowest BCUT2D eigenvalue weighted by molar-refractivity contribution is 0.628. The van der Waals surface area contributed by atoms with Crippen LogP contribution in [0.3, 0.4) is 0 Å². The monoisotopic (exact) mass is 281 g/mol. The van der Waals surface area contributed by atoms with E-state index in [1.165, 1.54) is 16.7 Å². The number of hydrogen-bond acceptors (Lipinski definition) is 1. The molecule has 0 atom stereocenters. The van der Waals surface area contributed by atoms with E-state index in [1.807, 2.05) is 0 Å². The molecule has 0 bridgehead atoms. The van der Waals surface area contributed by atoms with Crippen molar-refractivity contribution in [1.82, 2.24) is 4.57 Å². The van der Waals surface area contributed by atoms with Gasteiger partial charge in [0.25, 0.3) is 5.56 Å². The molecule has 0 N–H and O–H groups in total. The molecule has 0 unspecified atom stereocenters. The van der Waals surface area contributed by atoms with Crippen molar-refractivity contribution in [3.63, 3.8) is 0 Å². The smallest absolute Gasteiger partial charge is 0.250 e. The summed E-state index contributed by atoms with van der Waals surface area (Å²) >= 11 is 3.29. The molecule has 0 saturated heterocycles. The summed E-state index contributed by atoms with van der Waals surface area (Å²) in [6, 6.07) is 9.51. The molecular weight excluding hydrogens is 273 g/mol. The lowest BCUT2D eigenvalue weighted by Crippen LogP contribution is -2.16. The molecule has 0 spiro atoms. The molecule has 2 aromatic rings. The van der Waals surface area contributed by atoms with Gasteiger partial charge >= 0.3 is 0 Å². The maximum absolute atomic E-state index is 13.7. The number of pyridine rings is 1. The molecular formula is C12H9BrFNO. The lowest BCUT2D eigenvalue weighted by atomic mass is 10.1. The lowest BCUT2D eigenvalue weighted by Gasteiger charge is -2.10. The Balaban J connectivity index is 2.78. The third-order valence-electron chi connectivity index (χ3n) is 2.40. The van der Waals surface area contributed by atoms with Crippen molar-refractivity contribution in [2.24, 2.45) is 7.05 Å². The van der Waals surface area contributed by atoms with Gasteiger partial charge in [-0.25, -0.2) is 4.39 Å². The van der Waals surface area contributed by atoms with Crippen molar-refractivity contribution in [3.8, 4) is 11.3 Å². The number of nitrogens with zero attached hydrogens (tertiary/aromatic N) is 1. The number of rotatable bonds is 1. The van der Waals surface area contributed by atoms with Gasteiger partial charge in [0.2, 0.25) is 0 Å². The van der Waals surface area contributed by atoms with E-state index in [4.69, 9.17) is 0 Å². The van der Waals surface area contributed by atoms with Gasteiger partial charge in [-0.3, -0.25) is 4.79 Å². The van der Waals surface area contributed by atoms with Gasteiger partial charge in [0.1, 0.15) is 5.82 Å². The van der Waals surface area contributed by atoms with Crippen molar-refractivity contribution in [3.05, 3.63) is 57.0 Å². The zero-order valence-corrected chi connectivity index (χ0v) is 10.2. The molecule has 82 valence electrons. The van der Waals surface area contributed by atoms with Crippen LogP contribution in [0.15, 0.2) is 45.7 Å². The zero-order valence-electron chi connectivity index (χ0n) is 8.58. The van der Waals surface area contributed by atoms with E-state index in [0.717, 1.165) is 0 Å². The van der Waals surface area contributed by atoms with Gasteiger partial charge in [-0.2, -0.15) is 0 Å². The molecule has 0 saturated carbocycles. The van der Waals surface area contributed by atoms with Crippen molar-refractivity contribution in [1.29, 1.82) is 0 Å². The quantitative estimate of drug-likeness (QED) is 0.788. The van der Waals surface area contributed by atoms with Crippen LogP contribution in [0.1, 0.15) is 0 Å². The summed E-state index contributed by atoms with van der Waals surface area (Å²) in [6.07, 6.45) is 0. The topological polar surface area (TPSA) is 22.0 Å². The van der Waals surface area contributed by atoms with Gasteiger partial charge in [-0.05, 0) is 34.1 Å². The third kappa shape index (κ3) is 1.80. The van der Waals surface area contributed by atoms with Crippen molar-refractivity contribution in [2.45, 2.75) is 0 Å². The fourth-order valence-corrected chi connectivity index (χ4v) is 2.10. The largest absolute Gasteiger partial charge is 0.311 e. The van der Waals surface area contributed by atoms with Gasteiger partial charge in [-0.1, -0.05) is 12.1 Å². The number of hydrogen-bond donors (Lipinski definition) is 0. The third-order valence-corrected chi connectivity index (χ3v) is 3.06. The van der Waals surface area contributed by atoms with Crippen molar-refractivity contribution >= 4 is 15.9 Å². The molecule has 0 radical (unpaired) electrons. The van der Waals surface area contributed by atoms with Gasteiger partial charge in [0.05, 0.1) is 5.69 Å². The fraction of sp³-hybridized carbons (Fsp3) is 0.0833. The first-order valence-electron chi connectivity index (χ1n) is 4.71. The molecule has 0 amide bonds. The minimum atomic E-state index is -0.351. The molecule has 1 aromatic heterocycles. The Hall–Kier alpha value is -1.42. The number of aromatic nitrogens is 1. The first-order valence-corrected chi connectivity index (χ1v) is 5.51. The SMILES string of the molecule is Cn1c(-c2c(F)cccc2Br)cccc1=O. The molecule has 0 aliphatic heterocycles. The molecule has 0 aliphatic rings. The van der Waals surface area contributed by atoms with E-state index in [2.05, 4.69) is 15.9 Å². The van der Waals surface area contributed by atoms with Crippen LogP contribution in [0.2, 0.25) is 0 Å². The zero-order chi connectivity index (χ0) is 11.7. The van der Waals surface area contributed by atoms with Gasteiger partial charge < -0.3 is 4.57 Å². The Morgan fingerprint density at radius 2 is 1.88 bits per heavy atom. The van der Waals surface area contributed by atoms with E-state index in [-0.39, 0.29) is 11.4 Å². The van der Waals surface area contributed by atoms with Crippen molar-refractivity contribution in [2.75, 3.05) is 0 Å². The highest BCUT2D eigenvalue weighted by atomic mass is 79.9. The maximum Gasteiger partial charge on any atom is 0.250 e. The normalized spacial score (nSPS) is 10.4. The van der Waals surface area contributed by atoms with E-state index in [1.54, 1.807) is 31.3 Å². The summed E-state index contributed by atoms with van der Waals surface area (Å²) in [5.41, 5.74) is 0.799. The average Bonchev–Trinajstić information content (AvgIpc) is 2.24. The first kappa shape index (κ1) is 11.1.